The van der Waals surface area contributed by atoms with Gasteiger partial charge in [0.25, 0.3) is 0 Å². The van der Waals surface area contributed by atoms with Crippen LogP contribution in [0.25, 0.3) is 0 Å². The van der Waals surface area contributed by atoms with Crippen LogP contribution in [0.2, 0.25) is 0 Å². The molecule has 1 aliphatic carbocycles. The molecule has 9 nitrogen and oxygen atoms in total. The maximum absolute atomic E-state index is 12.4. The number of nitrogens with zero attached hydrogens (tertiary/aromatic N) is 6. The number of aryl methyl sites for hydroxylation is 1. The Labute approximate surface area is 242 Å². The van der Waals surface area contributed by atoms with Gasteiger partial charge in [0, 0.05) is 62.2 Å². The molecule has 1 amide bonds. The van der Waals surface area contributed by atoms with Gasteiger partial charge in [0.1, 0.15) is 5.60 Å². The van der Waals surface area contributed by atoms with Gasteiger partial charge in [-0.2, -0.15) is 10.2 Å². The number of fused-ring (bicyclic) bond motifs is 2. The predicted molar refractivity (Wildman–Crippen MR) is 157 cm³/mol. The smallest absolute Gasteiger partial charge is 0.338 e. The quantitative estimate of drug-likeness (QED) is 0.427. The average molecular weight is 559 g/mol. The van der Waals surface area contributed by atoms with E-state index in [1.807, 2.05) is 49.9 Å². The summed E-state index contributed by atoms with van der Waals surface area (Å²) >= 11 is 0. The molecular weight excluding hydrogens is 516 g/mol. The van der Waals surface area contributed by atoms with Gasteiger partial charge < -0.3 is 14.5 Å². The van der Waals surface area contributed by atoms with Crippen LogP contribution in [0.4, 0.5) is 5.69 Å². The molecule has 6 rings (SSSR count). The fourth-order valence-electron chi connectivity index (χ4n) is 6.75. The lowest BCUT2D eigenvalue weighted by atomic mass is 9.92. The normalized spacial score (nSPS) is 19.6. The van der Waals surface area contributed by atoms with E-state index in [0.29, 0.717) is 24.2 Å². The Hall–Kier alpha value is -3.62. The number of aromatic nitrogens is 4. The van der Waals surface area contributed by atoms with Gasteiger partial charge in [-0.25, -0.2) is 4.79 Å². The molecule has 3 aromatic rings. The Morgan fingerprint density at radius 2 is 1.66 bits per heavy atom. The molecular formula is C32H42N6O3. The lowest BCUT2D eigenvalue weighted by Gasteiger charge is -2.35. The number of ether oxygens (including phenoxy) is 1. The molecule has 9 heteroatoms. The average Bonchev–Trinajstić information content (AvgIpc) is 3.52. The fraction of sp³-hybridized carbons (Fsp3) is 0.562. The number of hydrogen-bond donors (Lipinski definition) is 0. The second kappa shape index (κ2) is 10.7. The zero-order chi connectivity index (χ0) is 28.9. The van der Waals surface area contributed by atoms with Crippen LogP contribution in [0.15, 0.2) is 30.5 Å². The Morgan fingerprint density at radius 1 is 0.927 bits per heavy atom. The van der Waals surface area contributed by atoms with Gasteiger partial charge in [-0.15, -0.1) is 0 Å². The van der Waals surface area contributed by atoms with Gasteiger partial charge >= 0.3 is 5.97 Å². The van der Waals surface area contributed by atoms with E-state index in [-0.39, 0.29) is 11.9 Å². The van der Waals surface area contributed by atoms with Crippen molar-refractivity contribution in [2.75, 3.05) is 24.5 Å². The van der Waals surface area contributed by atoms with Crippen LogP contribution in [0.1, 0.15) is 97.6 Å². The molecule has 3 aliphatic rings. The van der Waals surface area contributed by atoms with Gasteiger partial charge in [0.05, 0.1) is 29.5 Å². The van der Waals surface area contributed by atoms with Gasteiger partial charge in [0.15, 0.2) is 0 Å². The lowest BCUT2D eigenvalue weighted by molar-refractivity contribution is -0.129. The summed E-state index contributed by atoms with van der Waals surface area (Å²) in [6.45, 7) is 12.8. The Kier molecular flexibility index (Phi) is 7.16. The number of carbonyl (C=O) groups excluding carboxylic acids is 2. The minimum atomic E-state index is -0.499. The summed E-state index contributed by atoms with van der Waals surface area (Å²) in [4.78, 5) is 28.6. The number of esters is 1. The van der Waals surface area contributed by atoms with Gasteiger partial charge in [-0.05, 0) is 89.6 Å². The van der Waals surface area contributed by atoms with Gasteiger partial charge in [-0.1, -0.05) is 0 Å². The van der Waals surface area contributed by atoms with E-state index in [1.54, 1.807) is 6.92 Å². The molecule has 0 radical (unpaired) electrons. The van der Waals surface area contributed by atoms with Crippen molar-refractivity contribution < 1.29 is 14.3 Å². The Balaban J connectivity index is 1.09. The van der Waals surface area contributed by atoms with Crippen LogP contribution in [0.5, 0.6) is 0 Å². The molecule has 2 aliphatic heterocycles. The first-order valence-electron chi connectivity index (χ1n) is 15.0. The van der Waals surface area contributed by atoms with Crippen molar-refractivity contribution in [3.63, 3.8) is 0 Å². The first kappa shape index (κ1) is 27.5. The van der Waals surface area contributed by atoms with E-state index < -0.39 is 5.60 Å². The van der Waals surface area contributed by atoms with Gasteiger partial charge in [-0.3, -0.25) is 14.2 Å². The van der Waals surface area contributed by atoms with Crippen LogP contribution in [0.3, 0.4) is 0 Å². The van der Waals surface area contributed by atoms with Crippen molar-refractivity contribution in [3.05, 3.63) is 64.2 Å². The van der Waals surface area contributed by atoms with E-state index in [0.717, 1.165) is 69.5 Å². The minimum Gasteiger partial charge on any atom is -0.456 e. The topological polar surface area (TPSA) is 85.5 Å². The molecule has 0 spiro atoms. The van der Waals surface area contributed by atoms with Crippen molar-refractivity contribution in [2.24, 2.45) is 0 Å². The number of amides is 1. The summed E-state index contributed by atoms with van der Waals surface area (Å²) in [6.07, 6.45) is 8.09. The summed E-state index contributed by atoms with van der Waals surface area (Å²) in [7, 11) is 0. The molecule has 1 fully saturated rings. The number of anilines is 1. The SMILES string of the molecule is CC(=O)N1CCc2c(c(C)nn2C2CCc3c(cnn3C3CCN(c4ccc(C(=O)OC(C)(C)C)cc4)CC3)C2)C1. The predicted octanol–water partition coefficient (Wildman–Crippen LogP) is 4.82. The highest BCUT2D eigenvalue weighted by Gasteiger charge is 2.32. The van der Waals surface area contributed by atoms with E-state index in [1.165, 1.54) is 22.5 Å². The molecule has 1 aromatic carbocycles. The number of carbonyl (C=O) groups is 2. The Bertz CT molecular complexity index is 1440. The fourth-order valence-corrected chi connectivity index (χ4v) is 6.75. The molecule has 1 unspecified atom stereocenters. The van der Waals surface area contributed by atoms with E-state index in [9.17, 15) is 9.59 Å². The standard InChI is InChI=1S/C32H42N6O3/c1-21-28-20-36(22(2)39)17-14-30(28)38(34-21)27-10-11-29-24(18-27)19-33-37(29)26-12-15-35(16-13-26)25-8-6-23(7-9-25)31(40)41-32(3,4)5/h6-9,19,26-27H,10-18,20H2,1-5H3. The highest BCUT2D eigenvalue weighted by molar-refractivity contribution is 5.90. The van der Waals surface area contributed by atoms with Crippen molar-refractivity contribution in [3.8, 4) is 0 Å². The second-order valence-electron chi connectivity index (χ2n) is 12.9. The second-order valence-corrected chi connectivity index (χ2v) is 12.9. The van der Waals surface area contributed by atoms with Crippen LogP contribution in [-0.2, 0) is 35.3 Å². The molecule has 1 atom stereocenters. The molecule has 1 saturated heterocycles. The zero-order valence-electron chi connectivity index (χ0n) is 25.0. The number of rotatable bonds is 4. The minimum absolute atomic E-state index is 0.138. The zero-order valence-corrected chi connectivity index (χ0v) is 25.0. The summed E-state index contributed by atoms with van der Waals surface area (Å²) in [5, 5.41) is 9.87. The third kappa shape index (κ3) is 5.51. The lowest BCUT2D eigenvalue weighted by Crippen LogP contribution is -2.36. The van der Waals surface area contributed by atoms with Crippen LogP contribution >= 0.6 is 0 Å². The van der Waals surface area contributed by atoms with E-state index >= 15 is 0 Å². The molecule has 4 heterocycles. The first-order valence-corrected chi connectivity index (χ1v) is 15.0. The highest BCUT2D eigenvalue weighted by atomic mass is 16.6. The maximum Gasteiger partial charge on any atom is 0.338 e. The molecule has 0 bridgehead atoms. The Morgan fingerprint density at radius 3 is 2.34 bits per heavy atom. The largest absolute Gasteiger partial charge is 0.456 e. The highest BCUT2D eigenvalue weighted by Crippen LogP contribution is 2.35. The molecule has 218 valence electrons. The van der Waals surface area contributed by atoms with Crippen LogP contribution < -0.4 is 4.90 Å². The third-order valence-corrected chi connectivity index (χ3v) is 8.91. The summed E-state index contributed by atoms with van der Waals surface area (Å²) in [5.74, 6) is -0.143. The van der Waals surface area contributed by atoms with Crippen molar-refractivity contribution in [2.45, 2.75) is 97.4 Å². The summed E-state index contributed by atoms with van der Waals surface area (Å²) < 4.78 is 10.1. The van der Waals surface area contributed by atoms with Crippen molar-refractivity contribution in [1.29, 1.82) is 0 Å². The molecule has 0 N–H and O–H groups in total. The van der Waals surface area contributed by atoms with E-state index in [2.05, 4.69) is 27.4 Å². The third-order valence-electron chi connectivity index (χ3n) is 8.91. The number of piperidine rings is 1. The number of benzene rings is 1. The molecule has 2 aromatic heterocycles. The van der Waals surface area contributed by atoms with E-state index in [4.69, 9.17) is 14.9 Å². The molecule has 0 saturated carbocycles. The maximum atomic E-state index is 12.4. The van der Waals surface area contributed by atoms with Crippen LogP contribution in [0, 0.1) is 6.92 Å². The van der Waals surface area contributed by atoms with Gasteiger partial charge in [0.2, 0.25) is 5.91 Å². The number of hydrogen-bond acceptors (Lipinski definition) is 6. The van der Waals surface area contributed by atoms with Crippen molar-refractivity contribution in [1.82, 2.24) is 24.5 Å². The van der Waals surface area contributed by atoms with Crippen LogP contribution in [-0.4, -0.2) is 61.6 Å². The first-order chi connectivity index (χ1) is 19.6. The summed E-state index contributed by atoms with van der Waals surface area (Å²) in [6, 6.07) is 8.55. The van der Waals surface area contributed by atoms with Crippen molar-refractivity contribution >= 4 is 17.6 Å². The molecule has 41 heavy (non-hydrogen) atoms. The monoisotopic (exact) mass is 558 g/mol. The summed E-state index contributed by atoms with van der Waals surface area (Å²) in [5.41, 5.74) is 7.58.